The third-order valence-electron chi connectivity index (χ3n) is 2.41. The molecule has 0 aliphatic rings. The quantitative estimate of drug-likeness (QED) is 0.897. The first-order valence-electron chi connectivity index (χ1n) is 6.01. The summed E-state index contributed by atoms with van der Waals surface area (Å²) in [4.78, 5) is 15.3. The standard InChI is InChI=1S/C12H13BrFN5O/c1-2-3-16-12(20)17-10-7-19(18-11(10)13)9-4-8(14)5-15-6-9/h4-7H,2-3H2,1H3,(H2,16,17,20). The molecular formula is C12H13BrFN5O. The largest absolute Gasteiger partial charge is 0.338 e. The highest BCUT2D eigenvalue weighted by molar-refractivity contribution is 9.10. The van der Waals surface area contributed by atoms with E-state index < -0.39 is 5.82 Å². The monoisotopic (exact) mass is 341 g/mol. The number of pyridine rings is 1. The molecule has 0 spiro atoms. The van der Waals surface area contributed by atoms with Crippen LogP contribution in [-0.4, -0.2) is 27.3 Å². The van der Waals surface area contributed by atoms with Gasteiger partial charge in [0.15, 0.2) is 4.60 Å². The van der Waals surface area contributed by atoms with Crippen molar-refractivity contribution in [3.63, 3.8) is 0 Å². The zero-order chi connectivity index (χ0) is 14.5. The maximum Gasteiger partial charge on any atom is 0.319 e. The molecular weight excluding hydrogens is 329 g/mol. The van der Waals surface area contributed by atoms with E-state index in [2.05, 4.69) is 36.6 Å². The molecule has 0 aliphatic carbocycles. The summed E-state index contributed by atoms with van der Waals surface area (Å²) >= 11 is 3.24. The van der Waals surface area contributed by atoms with Crippen LogP contribution < -0.4 is 10.6 Å². The molecule has 2 amide bonds. The molecule has 2 heterocycles. The van der Waals surface area contributed by atoms with Gasteiger partial charge in [0.1, 0.15) is 5.82 Å². The van der Waals surface area contributed by atoms with Crippen LogP contribution in [-0.2, 0) is 0 Å². The molecule has 0 bridgehead atoms. The fourth-order valence-electron chi connectivity index (χ4n) is 1.50. The average molecular weight is 342 g/mol. The molecule has 0 aromatic carbocycles. The van der Waals surface area contributed by atoms with Gasteiger partial charge in [0.2, 0.25) is 0 Å². The van der Waals surface area contributed by atoms with Crippen LogP contribution in [0.15, 0.2) is 29.3 Å². The minimum absolute atomic E-state index is 0.315. The van der Waals surface area contributed by atoms with Crippen molar-refractivity contribution in [2.75, 3.05) is 11.9 Å². The summed E-state index contributed by atoms with van der Waals surface area (Å²) in [7, 11) is 0. The van der Waals surface area contributed by atoms with Crippen molar-refractivity contribution in [2.45, 2.75) is 13.3 Å². The number of hydrogen-bond acceptors (Lipinski definition) is 3. The smallest absolute Gasteiger partial charge is 0.319 e. The summed E-state index contributed by atoms with van der Waals surface area (Å²) in [6, 6.07) is 0.984. The number of urea groups is 1. The van der Waals surface area contributed by atoms with Gasteiger partial charge in [-0.15, -0.1) is 0 Å². The lowest BCUT2D eigenvalue weighted by Crippen LogP contribution is -2.29. The maximum absolute atomic E-state index is 13.1. The zero-order valence-corrected chi connectivity index (χ0v) is 12.3. The fourth-order valence-corrected chi connectivity index (χ4v) is 1.87. The van der Waals surface area contributed by atoms with Gasteiger partial charge in [-0.25, -0.2) is 13.9 Å². The Morgan fingerprint density at radius 2 is 2.30 bits per heavy atom. The summed E-state index contributed by atoms with van der Waals surface area (Å²) in [6.45, 7) is 2.55. The van der Waals surface area contributed by atoms with Crippen molar-refractivity contribution >= 4 is 27.6 Å². The van der Waals surface area contributed by atoms with Crippen LogP contribution in [0, 0.1) is 5.82 Å². The van der Waals surface area contributed by atoms with E-state index in [1.165, 1.54) is 16.9 Å². The van der Waals surface area contributed by atoms with Crippen molar-refractivity contribution in [3.05, 3.63) is 35.1 Å². The lowest BCUT2D eigenvalue weighted by atomic mass is 10.4. The summed E-state index contributed by atoms with van der Waals surface area (Å²) < 4.78 is 15.0. The summed E-state index contributed by atoms with van der Waals surface area (Å²) in [5.41, 5.74) is 0.954. The van der Waals surface area contributed by atoms with Crippen molar-refractivity contribution in [1.29, 1.82) is 0 Å². The van der Waals surface area contributed by atoms with Crippen molar-refractivity contribution in [1.82, 2.24) is 20.1 Å². The zero-order valence-electron chi connectivity index (χ0n) is 10.7. The predicted molar refractivity (Wildman–Crippen MR) is 76.3 cm³/mol. The maximum atomic E-state index is 13.1. The van der Waals surface area contributed by atoms with Crippen LogP contribution in [0.3, 0.4) is 0 Å². The molecule has 0 fully saturated rings. The van der Waals surface area contributed by atoms with Crippen LogP contribution in [0.1, 0.15) is 13.3 Å². The minimum Gasteiger partial charge on any atom is -0.338 e. The number of aromatic nitrogens is 3. The second kappa shape index (κ2) is 6.47. The van der Waals surface area contributed by atoms with E-state index in [1.807, 2.05) is 6.92 Å². The second-order valence-corrected chi connectivity index (χ2v) is 4.77. The number of rotatable bonds is 4. The Bertz CT molecular complexity index is 616. The number of anilines is 1. The average Bonchev–Trinajstić information content (AvgIpc) is 2.78. The Morgan fingerprint density at radius 3 is 3.00 bits per heavy atom. The number of nitrogens with zero attached hydrogens (tertiary/aromatic N) is 3. The van der Waals surface area contributed by atoms with E-state index in [0.29, 0.717) is 22.5 Å². The lowest BCUT2D eigenvalue weighted by molar-refractivity contribution is 0.252. The summed E-state index contributed by atoms with van der Waals surface area (Å²) in [5, 5.41) is 9.48. The molecule has 0 unspecified atom stereocenters. The molecule has 0 aliphatic heterocycles. The topological polar surface area (TPSA) is 71.8 Å². The van der Waals surface area contributed by atoms with E-state index in [-0.39, 0.29) is 6.03 Å². The van der Waals surface area contributed by atoms with E-state index in [9.17, 15) is 9.18 Å². The van der Waals surface area contributed by atoms with Gasteiger partial charge >= 0.3 is 6.03 Å². The SMILES string of the molecule is CCCNC(=O)Nc1cn(-c2cncc(F)c2)nc1Br. The van der Waals surface area contributed by atoms with E-state index in [0.717, 1.165) is 12.6 Å². The number of amides is 2. The normalized spacial score (nSPS) is 10.3. The molecule has 106 valence electrons. The van der Waals surface area contributed by atoms with Gasteiger partial charge in [-0.1, -0.05) is 6.92 Å². The first-order chi connectivity index (χ1) is 9.60. The van der Waals surface area contributed by atoms with Gasteiger partial charge in [-0.3, -0.25) is 4.98 Å². The van der Waals surface area contributed by atoms with Crippen LogP contribution in [0.2, 0.25) is 0 Å². The van der Waals surface area contributed by atoms with Crippen molar-refractivity contribution < 1.29 is 9.18 Å². The van der Waals surface area contributed by atoms with Crippen LogP contribution in [0.5, 0.6) is 0 Å². The minimum atomic E-state index is -0.454. The molecule has 8 heteroatoms. The van der Waals surface area contributed by atoms with Crippen molar-refractivity contribution in [2.24, 2.45) is 0 Å². The highest BCUT2D eigenvalue weighted by Gasteiger charge is 2.11. The molecule has 0 saturated heterocycles. The molecule has 2 aromatic rings. The molecule has 0 radical (unpaired) electrons. The first-order valence-corrected chi connectivity index (χ1v) is 6.80. The van der Waals surface area contributed by atoms with E-state index in [4.69, 9.17) is 0 Å². The molecule has 2 N–H and O–H groups in total. The number of halogens is 2. The fraction of sp³-hybridized carbons (Fsp3) is 0.250. The highest BCUT2D eigenvalue weighted by Crippen LogP contribution is 2.22. The Labute approximate surface area is 123 Å². The summed E-state index contributed by atoms with van der Waals surface area (Å²) in [5.74, 6) is -0.454. The van der Waals surface area contributed by atoms with Gasteiger partial charge < -0.3 is 10.6 Å². The predicted octanol–water partition coefficient (Wildman–Crippen LogP) is 2.70. The van der Waals surface area contributed by atoms with E-state index in [1.54, 1.807) is 6.20 Å². The number of hydrogen-bond donors (Lipinski definition) is 2. The van der Waals surface area contributed by atoms with Crippen LogP contribution in [0.4, 0.5) is 14.9 Å². The Morgan fingerprint density at radius 1 is 1.50 bits per heavy atom. The Balaban J connectivity index is 2.15. The molecule has 2 aromatic heterocycles. The molecule has 20 heavy (non-hydrogen) atoms. The van der Waals surface area contributed by atoms with Crippen LogP contribution in [0.25, 0.3) is 5.69 Å². The van der Waals surface area contributed by atoms with Crippen LogP contribution >= 0.6 is 15.9 Å². The van der Waals surface area contributed by atoms with Gasteiger partial charge in [-0.2, -0.15) is 5.10 Å². The van der Waals surface area contributed by atoms with E-state index >= 15 is 0 Å². The van der Waals surface area contributed by atoms with Gasteiger partial charge in [0.25, 0.3) is 0 Å². The molecule has 0 atom stereocenters. The van der Waals surface area contributed by atoms with Crippen molar-refractivity contribution in [3.8, 4) is 5.69 Å². The number of nitrogens with one attached hydrogen (secondary N) is 2. The van der Waals surface area contributed by atoms with Gasteiger partial charge in [-0.05, 0) is 22.4 Å². The lowest BCUT2D eigenvalue weighted by Gasteiger charge is -2.04. The van der Waals surface area contributed by atoms with Gasteiger partial charge in [0, 0.05) is 12.6 Å². The Hall–Kier alpha value is -1.96. The molecule has 6 nitrogen and oxygen atoms in total. The highest BCUT2D eigenvalue weighted by atomic mass is 79.9. The molecule has 2 rings (SSSR count). The molecule has 0 saturated carbocycles. The second-order valence-electron chi connectivity index (χ2n) is 4.02. The summed E-state index contributed by atoms with van der Waals surface area (Å²) in [6.07, 6.45) is 5.01. The Kier molecular flexibility index (Phi) is 4.67. The van der Waals surface area contributed by atoms with Gasteiger partial charge in [0.05, 0.1) is 30.0 Å². The third kappa shape index (κ3) is 3.53. The number of carbonyl (C=O) groups is 1. The third-order valence-corrected chi connectivity index (χ3v) is 2.99. The first kappa shape index (κ1) is 14.4. The number of carbonyl (C=O) groups excluding carboxylic acids is 1.